The molecule has 1 aromatic heterocycles. The van der Waals surface area contributed by atoms with E-state index < -0.39 is 42.6 Å². The Hall–Kier alpha value is -3.67. The fourth-order valence-corrected chi connectivity index (χ4v) is 4.63. The number of nitrogens with one attached hydrogen (secondary N) is 1. The molecule has 36 heavy (non-hydrogen) atoms. The van der Waals surface area contributed by atoms with Gasteiger partial charge in [0.25, 0.3) is 5.91 Å². The van der Waals surface area contributed by atoms with Crippen molar-refractivity contribution in [3.8, 4) is 16.2 Å². The van der Waals surface area contributed by atoms with Crippen molar-refractivity contribution in [1.29, 1.82) is 0 Å². The summed E-state index contributed by atoms with van der Waals surface area (Å²) in [5, 5.41) is 21.0. The zero-order chi connectivity index (χ0) is 25.7. The minimum Gasteiger partial charge on any atom is -0.423 e. The molecule has 1 saturated heterocycles. The van der Waals surface area contributed by atoms with Gasteiger partial charge < -0.3 is 19.8 Å². The molecule has 188 valence electrons. The van der Waals surface area contributed by atoms with Gasteiger partial charge >= 0.3 is 5.97 Å². The fourth-order valence-electron chi connectivity index (χ4n) is 3.82. The Morgan fingerprint density at radius 3 is 2.75 bits per heavy atom. The number of thiazole rings is 1. The Bertz CT molecular complexity index is 1270. The molecule has 1 aliphatic rings. The summed E-state index contributed by atoms with van der Waals surface area (Å²) in [6.07, 6.45) is 2.26. The average Bonchev–Trinajstić information content (AvgIpc) is 3.58. The van der Waals surface area contributed by atoms with Gasteiger partial charge in [-0.15, -0.1) is 0 Å². The summed E-state index contributed by atoms with van der Waals surface area (Å²) < 4.78 is 19.5. The van der Waals surface area contributed by atoms with E-state index in [0.717, 1.165) is 41.4 Å². The molecule has 1 aliphatic heterocycles. The second kappa shape index (κ2) is 11.4. The van der Waals surface area contributed by atoms with Gasteiger partial charge in [-0.2, -0.15) is 0 Å². The largest absolute Gasteiger partial charge is 0.423 e. The number of aromatic nitrogens is 1. The smallest absolute Gasteiger partial charge is 0.314 e. The number of anilines is 2. The van der Waals surface area contributed by atoms with Gasteiger partial charge in [0.05, 0.1) is 29.6 Å². The van der Waals surface area contributed by atoms with Crippen LogP contribution in [0.5, 0.6) is 5.75 Å². The summed E-state index contributed by atoms with van der Waals surface area (Å²) in [6, 6.07) is 10.0. The molecule has 0 spiro atoms. The zero-order valence-electron chi connectivity index (χ0n) is 19.1. The third-order valence-corrected chi connectivity index (χ3v) is 6.58. The van der Waals surface area contributed by atoms with Crippen molar-refractivity contribution in [3.05, 3.63) is 59.5 Å². The Morgan fingerprint density at radius 2 is 2.03 bits per heavy atom. The molecule has 2 heterocycles. The highest BCUT2D eigenvalue weighted by Crippen LogP contribution is 2.33. The van der Waals surface area contributed by atoms with Gasteiger partial charge in [-0.3, -0.25) is 19.7 Å². The predicted octanol–water partition coefficient (Wildman–Crippen LogP) is 3.26. The van der Waals surface area contributed by atoms with Crippen LogP contribution in [0.2, 0.25) is 0 Å². The lowest BCUT2D eigenvalue weighted by Gasteiger charge is -2.18. The van der Waals surface area contributed by atoms with E-state index in [1.165, 1.54) is 24.2 Å². The standard InChI is InChI=1S/C25H24FN3O6S/c26-20-10-16(8-17(13-30)23(20)35-22(33)11-19(32)14-31)24(34)28-25-27-12-21(36-25)15-4-3-5-18(9-15)29-6-1-2-7-29/h3-5,8-10,12-13,19,31-32H,1-2,6-7,11,14H2,(H,27,28,34). The number of benzene rings is 2. The summed E-state index contributed by atoms with van der Waals surface area (Å²) >= 11 is 1.26. The third-order valence-electron chi connectivity index (χ3n) is 5.62. The second-order valence-corrected chi connectivity index (χ2v) is 9.27. The lowest BCUT2D eigenvalue weighted by molar-refractivity contribution is -0.137. The highest BCUT2D eigenvalue weighted by Gasteiger charge is 2.21. The normalized spacial score (nSPS) is 13.9. The minimum atomic E-state index is -1.38. The Labute approximate surface area is 210 Å². The zero-order valence-corrected chi connectivity index (χ0v) is 20.0. The average molecular weight is 514 g/mol. The van der Waals surface area contributed by atoms with Gasteiger partial charge in [0, 0.05) is 30.5 Å². The Balaban J connectivity index is 1.47. The van der Waals surface area contributed by atoms with Crippen LogP contribution in [0.25, 0.3) is 10.4 Å². The Morgan fingerprint density at radius 1 is 1.25 bits per heavy atom. The van der Waals surface area contributed by atoms with E-state index in [4.69, 9.17) is 9.84 Å². The maximum absolute atomic E-state index is 14.6. The molecular formula is C25H24FN3O6S. The predicted molar refractivity (Wildman–Crippen MR) is 132 cm³/mol. The van der Waals surface area contributed by atoms with Crippen LogP contribution in [0, 0.1) is 5.82 Å². The number of carbonyl (C=O) groups excluding carboxylic acids is 3. The molecule has 1 amide bonds. The van der Waals surface area contributed by atoms with Crippen LogP contribution in [0.4, 0.5) is 15.2 Å². The quantitative estimate of drug-likeness (QED) is 0.226. The van der Waals surface area contributed by atoms with E-state index in [1.807, 2.05) is 12.1 Å². The monoisotopic (exact) mass is 513 g/mol. The highest BCUT2D eigenvalue weighted by molar-refractivity contribution is 7.19. The van der Waals surface area contributed by atoms with Crippen molar-refractivity contribution < 1.29 is 33.7 Å². The first-order chi connectivity index (χ1) is 17.4. The van der Waals surface area contributed by atoms with Gasteiger partial charge in [-0.05, 0) is 42.7 Å². The summed E-state index contributed by atoms with van der Waals surface area (Å²) in [7, 11) is 0. The van der Waals surface area contributed by atoms with Crippen LogP contribution in [0.3, 0.4) is 0 Å². The van der Waals surface area contributed by atoms with E-state index in [9.17, 15) is 23.9 Å². The van der Waals surface area contributed by atoms with Crippen LogP contribution in [-0.4, -0.2) is 59.2 Å². The maximum Gasteiger partial charge on any atom is 0.314 e. The van der Waals surface area contributed by atoms with Gasteiger partial charge in [0.15, 0.2) is 23.0 Å². The number of amides is 1. The topological polar surface area (TPSA) is 129 Å². The number of aliphatic hydroxyl groups excluding tert-OH is 2. The minimum absolute atomic E-state index is 0.169. The van der Waals surface area contributed by atoms with Crippen molar-refractivity contribution >= 4 is 40.3 Å². The van der Waals surface area contributed by atoms with Crippen molar-refractivity contribution in [2.75, 3.05) is 29.9 Å². The summed E-state index contributed by atoms with van der Waals surface area (Å²) in [4.78, 5) is 43.4. The van der Waals surface area contributed by atoms with E-state index in [1.54, 1.807) is 6.20 Å². The van der Waals surface area contributed by atoms with Gasteiger partial charge in [-0.1, -0.05) is 23.5 Å². The fraction of sp³-hybridized carbons (Fsp3) is 0.280. The van der Waals surface area contributed by atoms with Gasteiger partial charge in [0.2, 0.25) is 0 Å². The summed E-state index contributed by atoms with van der Waals surface area (Å²) in [6.45, 7) is 1.37. The van der Waals surface area contributed by atoms with Crippen LogP contribution < -0.4 is 15.0 Å². The number of aldehydes is 1. The van der Waals surface area contributed by atoms with E-state index in [0.29, 0.717) is 5.13 Å². The van der Waals surface area contributed by atoms with Crippen LogP contribution >= 0.6 is 11.3 Å². The maximum atomic E-state index is 14.6. The molecule has 11 heteroatoms. The van der Waals surface area contributed by atoms with Crippen LogP contribution in [0.1, 0.15) is 40.0 Å². The molecule has 3 N–H and O–H groups in total. The van der Waals surface area contributed by atoms with Gasteiger partial charge in [-0.25, -0.2) is 9.37 Å². The first kappa shape index (κ1) is 25.4. The molecule has 3 aromatic rings. The number of rotatable bonds is 9. The van der Waals surface area contributed by atoms with Crippen molar-refractivity contribution in [2.45, 2.75) is 25.4 Å². The molecule has 1 atom stereocenters. The summed E-state index contributed by atoms with van der Waals surface area (Å²) in [5.41, 5.74) is 1.57. The van der Waals surface area contributed by atoms with Crippen LogP contribution in [-0.2, 0) is 4.79 Å². The van der Waals surface area contributed by atoms with Crippen LogP contribution in [0.15, 0.2) is 42.6 Å². The molecule has 1 fully saturated rings. The number of aliphatic hydroxyl groups is 2. The van der Waals surface area contributed by atoms with Crippen molar-refractivity contribution in [3.63, 3.8) is 0 Å². The SMILES string of the molecule is O=Cc1cc(C(=O)Nc2ncc(-c3cccc(N4CCCC4)c3)s2)cc(F)c1OC(=O)CC(O)CO. The second-order valence-electron chi connectivity index (χ2n) is 8.24. The molecule has 0 radical (unpaired) electrons. The highest BCUT2D eigenvalue weighted by atomic mass is 32.1. The molecule has 0 saturated carbocycles. The van der Waals surface area contributed by atoms with E-state index in [-0.39, 0.29) is 17.4 Å². The van der Waals surface area contributed by atoms with Crippen molar-refractivity contribution in [1.82, 2.24) is 4.98 Å². The first-order valence-electron chi connectivity index (χ1n) is 11.3. The number of esters is 1. The Kier molecular flexibility index (Phi) is 8.04. The number of ether oxygens (including phenoxy) is 1. The molecule has 2 aromatic carbocycles. The number of nitrogens with zero attached hydrogens (tertiary/aromatic N) is 2. The molecule has 9 nitrogen and oxygen atoms in total. The lowest BCUT2D eigenvalue weighted by Crippen LogP contribution is -2.21. The van der Waals surface area contributed by atoms with E-state index >= 15 is 0 Å². The third kappa shape index (κ3) is 5.93. The number of halogens is 1. The molecule has 1 unspecified atom stereocenters. The molecule has 0 bridgehead atoms. The van der Waals surface area contributed by atoms with Gasteiger partial charge in [0.1, 0.15) is 0 Å². The molecular weight excluding hydrogens is 489 g/mol. The van der Waals surface area contributed by atoms with E-state index in [2.05, 4.69) is 27.3 Å². The number of hydrogen-bond acceptors (Lipinski definition) is 9. The molecule has 0 aliphatic carbocycles. The number of hydrogen-bond donors (Lipinski definition) is 3. The molecule has 4 rings (SSSR count). The van der Waals surface area contributed by atoms with Crippen molar-refractivity contribution in [2.24, 2.45) is 0 Å². The number of carbonyl (C=O) groups is 3. The first-order valence-corrected chi connectivity index (χ1v) is 12.1. The lowest BCUT2D eigenvalue weighted by atomic mass is 10.1. The summed E-state index contributed by atoms with van der Waals surface area (Å²) in [5.74, 6) is -3.50.